The zero-order chi connectivity index (χ0) is 20.6. The molecule has 5 heteroatoms. The average molecular weight is 409 g/mol. The molecule has 0 saturated heterocycles. The van der Waals surface area contributed by atoms with E-state index in [0.29, 0.717) is 8.58 Å². The zero-order valence-corrected chi connectivity index (χ0v) is 18.1. The highest BCUT2D eigenvalue weighted by Crippen LogP contribution is 2.29. The number of benzene rings is 3. The molecule has 0 bridgehead atoms. The van der Waals surface area contributed by atoms with Gasteiger partial charge in [-0.1, -0.05) is 63.2 Å². The van der Waals surface area contributed by atoms with Gasteiger partial charge in [0.15, 0.2) is 0 Å². The Labute approximate surface area is 174 Å². The molecule has 3 atom stereocenters. The van der Waals surface area contributed by atoms with E-state index in [0.717, 1.165) is 34.5 Å². The molecule has 0 heterocycles. The number of rotatable bonds is 9. The van der Waals surface area contributed by atoms with Crippen LogP contribution in [-0.2, 0) is 0 Å². The summed E-state index contributed by atoms with van der Waals surface area (Å²) in [5.41, 5.74) is 3.12. The van der Waals surface area contributed by atoms with E-state index in [2.05, 4.69) is 29.6 Å². The van der Waals surface area contributed by atoms with Gasteiger partial charge in [0.25, 0.3) is 0 Å². The summed E-state index contributed by atoms with van der Waals surface area (Å²) in [6, 6.07) is 24.2. The van der Waals surface area contributed by atoms with Gasteiger partial charge in [-0.25, -0.2) is 0 Å². The van der Waals surface area contributed by atoms with Gasteiger partial charge in [-0.2, -0.15) is 0 Å². The molecule has 4 nitrogen and oxygen atoms in total. The number of aliphatic hydroxyl groups excluding tert-OH is 1. The van der Waals surface area contributed by atoms with Crippen molar-refractivity contribution in [2.24, 2.45) is 0 Å². The molecule has 0 saturated carbocycles. The van der Waals surface area contributed by atoms with Crippen molar-refractivity contribution in [3.63, 3.8) is 0 Å². The summed E-state index contributed by atoms with van der Waals surface area (Å²) in [4.78, 5) is 0. The summed E-state index contributed by atoms with van der Waals surface area (Å²) in [6.45, 7) is 2.02. The predicted molar refractivity (Wildman–Crippen MR) is 122 cm³/mol. The molecule has 0 fully saturated rings. The molecule has 3 rings (SSSR count). The molecule has 152 valence electrons. The first-order valence-corrected chi connectivity index (χ1v) is 10.8. The van der Waals surface area contributed by atoms with Crippen molar-refractivity contribution in [2.45, 2.75) is 19.1 Å². The molecule has 3 aromatic carbocycles. The van der Waals surface area contributed by atoms with E-state index >= 15 is 0 Å². The molecular formula is C24H28NO3P. The van der Waals surface area contributed by atoms with Crippen molar-refractivity contribution in [1.82, 2.24) is 5.32 Å². The third-order valence-electron chi connectivity index (χ3n) is 4.90. The predicted octanol–water partition coefficient (Wildman–Crippen LogP) is 4.34. The number of nitrogens with one attached hydrogen (secondary N) is 1. The van der Waals surface area contributed by atoms with Crippen LogP contribution in [-0.4, -0.2) is 31.7 Å². The van der Waals surface area contributed by atoms with Crippen LogP contribution in [0.3, 0.4) is 0 Å². The normalized spacial score (nSPS) is 13.4. The van der Waals surface area contributed by atoms with Crippen LogP contribution in [0.4, 0.5) is 0 Å². The minimum absolute atomic E-state index is 0.00609. The number of hydrogen-bond acceptors (Lipinski definition) is 4. The summed E-state index contributed by atoms with van der Waals surface area (Å²) in [5, 5.41) is 15.2. The highest BCUT2D eigenvalue weighted by Gasteiger charge is 2.15. The van der Waals surface area contributed by atoms with Gasteiger partial charge in [-0.05, 0) is 41.1 Å². The number of aliphatic hydroxyl groups is 1. The van der Waals surface area contributed by atoms with Crippen molar-refractivity contribution in [1.29, 1.82) is 0 Å². The van der Waals surface area contributed by atoms with Gasteiger partial charge in [0, 0.05) is 18.4 Å². The molecule has 0 aromatic heterocycles. The highest BCUT2D eigenvalue weighted by atomic mass is 31.1. The van der Waals surface area contributed by atoms with Crippen LogP contribution in [0.15, 0.2) is 72.8 Å². The van der Waals surface area contributed by atoms with Gasteiger partial charge in [-0.3, -0.25) is 0 Å². The molecule has 0 aliphatic rings. The van der Waals surface area contributed by atoms with Crippen molar-refractivity contribution < 1.29 is 14.6 Å². The van der Waals surface area contributed by atoms with Crippen LogP contribution in [0.25, 0.3) is 11.1 Å². The molecule has 0 aliphatic heterocycles. The lowest BCUT2D eigenvalue weighted by molar-refractivity contribution is 0.139. The molecule has 2 N–H and O–H groups in total. The standard InChI is InChI=1S/C24H28NO3P/c1-17(24(26)19-7-5-4-6-8-19)25-16-29-23-11-9-18(10-12-23)20-13-21(27-2)15-22(14-20)28-3/h4-15,17,24-26,29H,16H2,1-3H3/t17-,24-/m0/s1. The van der Waals surface area contributed by atoms with Gasteiger partial charge in [0.2, 0.25) is 0 Å². The number of hydrogen-bond donors (Lipinski definition) is 2. The molecular weight excluding hydrogens is 381 g/mol. The fraction of sp³-hybridized carbons (Fsp3) is 0.250. The maximum Gasteiger partial charge on any atom is 0.123 e. The first-order chi connectivity index (χ1) is 14.1. The second-order valence-corrected chi connectivity index (χ2v) is 8.17. The summed E-state index contributed by atoms with van der Waals surface area (Å²) < 4.78 is 10.7. The topological polar surface area (TPSA) is 50.7 Å². The molecule has 0 radical (unpaired) electrons. The van der Waals surface area contributed by atoms with Crippen LogP contribution in [0, 0.1) is 0 Å². The Balaban J connectivity index is 1.57. The summed E-state index contributed by atoms with van der Waals surface area (Å²) in [5.74, 6) is 1.56. The lowest BCUT2D eigenvalue weighted by atomic mass is 10.0. The minimum atomic E-state index is -0.508. The number of methoxy groups -OCH3 is 2. The summed E-state index contributed by atoms with van der Waals surface area (Å²) in [6.07, 6.45) is 0.323. The van der Waals surface area contributed by atoms with Gasteiger partial charge >= 0.3 is 0 Å². The Hall–Kier alpha value is -2.39. The fourth-order valence-corrected chi connectivity index (χ4v) is 4.15. The minimum Gasteiger partial charge on any atom is -0.497 e. The van der Waals surface area contributed by atoms with Crippen molar-refractivity contribution >= 4 is 13.9 Å². The van der Waals surface area contributed by atoms with Gasteiger partial charge < -0.3 is 19.9 Å². The summed E-state index contributed by atoms with van der Waals surface area (Å²) in [7, 11) is 3.94. The van der Waals surface area contributed by atoms with Crippen LogP contribution < -0.4 is 20.1 Å². The maximum atomic E-state index is 10.5. The quantitative estimate of drug-likeness (QED) is 0.516. The molecule has 1 unspecified atom stereocenters. The van der Waals surface area contributed by atoms with E-state index in [-0.39, 0.29) is 6.04 Å². The monoisotopic (exact) mass is 409 g/mol. The average Bonchev–Trinajstić information content (AvgIpc) is 2.79. The smallest absolute Gasteiger partial charge is 0.123 e. The van der Waals surface area contributed by atoms with Crippen LogP contribution in [0.5, 0.6) is 11.5 Å². The van der Waals surface area contributed by atoms with Crippen LogP contribution >= 0.6 is 8.58 Å². The largest absolute Gasteiger partial charge is 0.497 e. The molecule has 0 spiro atoms. The lowest BCUT2D eigenvalue weighted by Crippen LogP contribution is -2.32. The van der Waals surface area contributed by atoms with E-state index < -0.39 is 6.10 Å². The van der Waals surface area contributed by atoms with E-state index in [1.165, 1.54) is 5.30 Å². The molecule has 0 amide bonds. The van der Waals surface area contributed by atoms with Crippen LogP contribution in [0.2, 0.25) is 0 Å². The zero-order valence-electron chi connectivity index (χ0n) is 17.1. The second-order valence-electron chi connectivity index (χ2n) is 6.88. The van der Waals surface area contributed by atoms with E-state index in [1.54, 1.807) is 14.2 Å². The Kier molecular flexibility index (Phi) is 7.65. The third kappa shape index (κ3) is 5.80. The molecule has 29 heavy (non-hydrogen) atoms. The Morgan fingerprint density at radius 1 is 0.862 bits per heavy atom. The van der Waals surface area contributed by atoms with E-state index in [1.807, 2.05) is 55.5 Å². The Morgan fingerprint density at radius 2 is 1.48 bits per heavy atom. The molecule has 3 aromatic rings. The van der Waals surface area contributed by atoms with Gasteiger partial charge in [0.05, 0.1) is 20.3 Å². The second kappa shape index (κ2) is 10.4. The van der Waals surface area contributed by atoms with Gasteiger partial charge in [-0.15, -0.1) is 0 Å². The first kappa shape index (κ1) is 21.3. The van der Waals surface area contributed by atoms with E-state index in [4.69, 9.17) is 9.47 Å². The number of ether oxygens (including phenoxy) is 2. The first-order valence-electron chi connectivity index (χ1n) is 9.64. The van der Waals surface area contributed by atoms with Crippen LogP contribution in [0.1, 0.15) is 18.6 Å². The van der Waals surface area contributed by atoms with Crippen molar-refractivity contribution in [2.75, 3.05) is 20.5 Å². The Bertz CT molecular complexity index is 878. The third-order valence-corrected chi connectivity index (χ3v) is 6.02. The summed E-state index contributed by atoms with van der Waals surface area (Å²) >= 11 is 0. The maximum absolute atomic E-state index is 10.5. The Morgan fingerprint density at radius 3 is 2.07 bits per heavy atom. The lowest BCUT2D eigenvalue weighted by Gasteiger charge is -2.20. The molecule has 0 aliphatic carbocycles. The van der Waals surface area contributed by atoms with Crippen molar-refractivity contribution in [3.8, 4) is 22.6 Å². The van der Waals surface area contributed by atoms with Gasteiger partial charge in [0.1, 0.15) is 11.5 Å². The van der Waals surface area contributed by atoms with E-state index in [9.17, 15) is 5.11 Å². The SMILES string of the molecule is COc1cc(OC)cc(-c2ccc(PCN[C@@H](C)[C@H](O)c3ccccc3)cc2)c1. The van der Waals surface area contributed by atoms with Crippen molar-refractivity contribution in [3.05, 3.63) is 78.4 Å². The highest BCUT2D eigenvalue weighted by molar-refractivity contribution is 7.47. The fourth-order valence-electron chi connectivity index (χ4n) is 3.12.